The smallest absolute Gasteiger partial charge is 0.339 e. The Morgan fingerprint density at radius 1 is 1.25 bits per heavy atom. The van der Waals surface area contributed by atoms with Crippen LogP contribution in [0.4, 0.5) is 4.39 Å². The van der Waals surface area contributed by atoms with Gasteiger partial charge in [0.1, 0.15) is 5.82 Å². The molecule has 1 aromatic carbocycles. The van der Waals surface area contributed by atoms with E-state index in [-0.39, 0.29) is 23.3 Å². The molecule has 0 radical (unpaired) electrons. The Bertz CT molecular complexity index is 807. The molecule has 0 fully saturated rings. The number of halogens is 1. The highest BCUT2D eigenvalue weighted by atomic mass is 19.1. The number of nitrogens with zero attached hydrogens (tertiary/aromatic N) is 2. The quantitative estimate of drug-likeness (QED) is 0.796. The van der Waals surface area contributed by atoms with E-state index in [1.807, 2.05) is 6.92 Å². The van der Waals surface area contributed by atoms with Crippen LogP contribution in [0.5, 0.6) is 0 Å². The number of methoxy groups -OCH3 is 1. The summed E-state index contributed by atoms with van der Waals surface area (Å²) in [6.07, 6.45) is 3.38. The standard InChI is InChI=1S/C18H17FN2O3/c1-11-16-4-3-15(19)8-12(16)5-6-21(11)17(22)13-7-14(10-20-9-13)18(23)24-2/h3-4,7-11H,5-6H2,1-2H3/t11-/m0/s1. The van der Waals surface area contributed by atoms with E-state index in [0.29, 0.717) is 18.5 Å². The van der Waals surface area contributed by atoms with Crippen molar-refractivity contribution in [3.8, 4) is 0 Å². The summed E-state index contributed by atoms with van der Waals surface area (Å²) in [6.45, 7) is 2.39. The fourth-order valence-corrected chi connectivity index (χ4v) is 3.03. The molecule has 124 valence electrons. The van der Waals surface area contributed by atoms with Crippen LogP contribution in [0.15, 0.2) is 36.7 Å². The average Bonchev–Trinajstić information content (AvgIpc) is 2.60. The summed E-state index contributed by atoms with van der Waals surface area (Å²) in [5.41, 5.74) is 2.42. The molecule has 0 saturated carbocycles. The Balaban J connectivity index is 1.88. The van der Waals surface area contributed by atoms with Crippen LogP contribution in [0, 0.1) is 5.82 Å². The van der Waals surface area contributed by atoms with Crippen LogP contribution in [0.2, 0.25) is 0 Å². The van der Waals surface area contributed by atoms with Crippen molar-refractivity contribution in [2.24, 2.45) is 0 Å². The Hall–Kier alpha value is -2.76. The van der Waals surface area contributed by atoms with Crippen molar-refractivity contribution in [3.05, 3.63) is 64.7 Å². The zero-order valence-electron chi connectivity index (χ0n) is 13.5. The Morgan fingerprint density at radius 3 is 2.75 bits per heavy atom. The maximum atomic E-state index is 13.4. The third kappa shape index (κ3) is 2.87. The first-order valence-corrected chi connectivity index (χ1v) is 7.64. The summed E-state index contributed by atoms with van der Waals surface area (Å²) in [4.78, 5) is 30.1. The Labute approximate surface area is 139 Å². The lowest BCUT2D eigenvalue weighted by atomic mass is 9.93. The molecule has 0 aliphatic carbocycles. The van der Waals surface area contributed by atoms with Gasteiger partial charge in [0, 0.05) is 18.9 Å². The second-order valence-electron chi connectivity index (χ2n) is 5.72. The number of ether oxygens (including phenoxy) is 1. The van der Waals surface area contributed by atoms with Gasteiger partial charge in [0.2, 0.25) is 0 Å². The zero-order chi connectivity index (χ0) is 17.3. The second-order valence-corrected chi connectivity index (χ2v) is 5.72. The number of carbonyl (C=O) groups is 2. The van der Waals surface area contributed by atoms with E-state index >= 15 is 0 Å². The summed E-state index contributed by atoms with van der Waals surface area (Å²) in [5.74, 6) is -1.02. The fourth-order valence-electron chi connectivity index (χ4n) is 3.03. The molecule has 1 aliphatic heterocycles. The summed E-state index contributed by atoms with van der Waals surface area (Å²) in [5, 5.41) is 0. The van der Waals surface area contributed by atoms with Gasteiger partial charge in [0.05, 0.1) is 24.3 Å². The number of carbonyl (C=O) groups excluding carboxylic acids is 2. The van der Waals surface area contributed by atoms with Gasteiger partial charge in [-0.05, 0) is 42.7 Å². The molecule has 24 heavy (non-hydrogen) atoms. The Kier molecular flexibility index (Phi) is 4.29. The number of aromatic nitrogens is 1. The molecule has 1 atom stereocenters. The summed E-state index contributed by atoms with van der Waals surface area (Å²) < 4.78 is 18.0. The number of hydrogen-bond donors (Lipinski definition) is 0. The first-order valence-electron chi connectivity index (χ1n) is 7.64. The molecule has 0 N–H and O–H groups in total. The predicted molar refractivity (Wildman–Crippen MR) is 85.1 cm³/mol. The minimum Gasteiger partial charge on any atom is -0.465 e. The van der Waals surface area contributed by atoms with Gasteiger partial charge in [-0.15, -0.1) is 0 Å². The van der Waals surface area contributed by atoms with Crippen molar-refractivity contribution in [2.45, 2.75) is 19.4 Å². The van der Waals surface area contributed by atoms with Gasteiger partial charge in [0.15, 0.2) is 0 Å². The molecule has 1 amide bonds. The highest BCUT2D eigenvalue weighted by Crippen LogP contribution is 2.31. The van der Waals surface area contributed by atoms with Gasteiger partial charge in [-0.25, -0.2) is 9.18 Å². The molecule has 1 aromatic heterocycles. The van der Waals surface area contributed by atoms with Crippen LogP contribution >= 0.6 is 0 Å². The van der Waals surface area contributed by atoms with Gasteiger partial charge < -0.3 is 9.64 Å². The highest BCUT2D eigenvalue weighted by Gasteiger charge is 2.29. The summed E-state index contributed by atoms with van der Waals surface area (Å²) in [6, 6.07) is 5.95. The zero-order valence-corrected chi connectivity index (χ0v) is 13.5. The maximum Gasteiger partial charge on any atom is 0.339 e. The lowest BCUT2D eigenvalue weighted by molar-refractivity contribution is 0.0600. The van der Waals surface area contributed by atoms with Crippen molar-refractivity contribution in [1.82, 2.24) is 9.88 Å². The number of benzene rings is 1. The molecule has 0 saturated heterocycles. The molecule has 0 spiro atoms. The second kappa shape index (κ2) is 6.39. The first-order chi connectivity index (χ1) is 11.5. The highest BCUT2D eigenvalue weighted by molar-refractivity contribution is 5.97. The van der Waals surface area contributed by atoms with Crippen LogP contribution in [-0.2, 0) is 11.2 Å². The number of hydrogen-bond acceptors (Lipinski definition) is 4. The third-order valence-electron chi connectivity index (χ3n) is 4.31. The van der Waals surface area contributed by atoms with Crippen LogP contribution in [0.3, 0.4) is 0 Å². The van der Waals surface area contributed by atoms with E-state index in [1.165, 1.54) is 37.7 Å². The van der Waals surface area contributed by atoms with E-state index in [2.05, 4.69) is 9.72 Å². The molecule has 0 bridgehead atoms. The van der Waals surface area contributed by atoms with Gasteiger partial charge in [-0.3, -0.25) is 9.78 Å². The molecule has 0 unspecified atom stereocenters. The minimum absolute atomic E-state index is 0.177. The third-order valence-corrected chi connectivity index (χ3v) is 4.31. The van der Waals surface area contributed by atoms with E-state index in [1.54, 1.807) is 11.0 Å². The summed E-state index contributed by atoms with van der Waals surface area (Å²) in [7, 11) is 1.28. The number of esters is 1. The fraction of sp³-hybridized carbons (Fsp3) is 0.278. The molecular formula is C18H17FN2O3. The van der Waals surface area contributed by atoms with Gasteiger partial charge in [-0.1, -0.05) is 6.07 Å². The van der Waals surface area contributed by atoms with Crippen molar-refractivity contribution in [3.63, 3.8) is 0 Å². The molecule has 2 aromatic rings. The van der Waals surface area contributed by atoms with E-state index in [9.17, 15) is 14.0 Å². The monoisotopic (exact) mass is 328 g/mol. The maximum absolute atomic E-state index is 13.4. The number of pyridine rings is 1. The SMILES string of the molecule is COC(=O)c1cncc(C(=O)N2CCc3cc(F)ccc3[C@@H]2C)c1. The van der Waals surface area contributed by atoms with Gasteiger partial charge >= 0.3 is 5.97 Å². The molecule has 3 rings (SSSR count). The van der Waals surface area contributed by atoms with E-state index in [4.69, 9.17) is 0 Å². The van der Waals surface area contributed by atoms with Crippen LogP contribution in [0.25, 0.3) is 0 Å². The molecule has 6 heteroatoms. The largest absolute Gasteiger partial charge is 0.465 e. The van der Waals surface area contributed by atoms with E-state index in [0.717, 1.165) is 11.1 Å². The minimum atomic E-state index is -0.537. The molecule has 5 nitrogen and oxygen atoms in total. The van der Waals surface area contributed by atoms with Gasteiger partial charge in [0.25, 0.3) is 5.91 Å². The topological polar surface area (TPSA) is 59.5 Å². The number of amides is 1. The van der Waals surface area contributed by atoms with Crippen LogP contribution in [-0.4, -0.2) is 35.4 Å². The molecular weight excluding hydrogens is 311 g/mol. The Morgan fingerprint density at radius 2 is 2.00 bits per heavy atom. The van der Waals surface area contributed by atoms with Crippen molar-refractivity contribution >= 4 is 11.9 Å². The van der Waals surface area contributed by atoms with E-state index < -0.39 is 5.97 Å². The van der Waals surface area contributed by atoms with Crippen LogP contribution < -0.4 is 0 Å². The molecule has 2 heterocycles. The van der Waals surface area contributed by atoms with Crippen molar-refractivity contribution in [1.29, 1.82) is 0 Å². The van der Waals surface area contributed by atoms with Crippen LogP contribution in [0.1, 0.15) is 44.8 Å². The summed E-state index contributed by atoms with van der Waals surface area (Å²) >= 11 is 0. The van der Waals surface area contributed by atoms with Crippen molar-refractivity contribution in [2.75, 3.05) is 13.7 Å². The van der Waals surface area contributed by atoms with Crippen molar-refractivity contribution < 1.29 is 18.7 Å². The normalized spacial score (nSPS) is 16.5. The number of fused-ring (bicyclic) bond motifs is 1. The molecule has 1 aliphatic rings. The number of rotatable bonds is 2. The predicted octanol–water partition coefficient (Wildman–Crippen LogP) is 2.77. The van der Waals surface area contributed by atoms with Gasteiger partial charge in [-0.2, -0.15) is 0 Å². The average molecular weight is 328 g/mol. The lowest BCUT2D eigenvalue weighted by Crippen LogP contribution is -2.39. The lowest BCUT2D eigenvalue weighted by Gasteiger charge is -2.35. The first kappa shape index (κ1) is 16.1.